The fraction of sp³-hybridized carbons (Fsp3) is 0.294. The third kappa shape index (κ3) is 3.80. The van der Waals surface area contributed by atoms with Crippen molar-refractivity contribution in [2.75, 3.05) is 19.6 Å². The normalized spacial score (nSPS) is 11.0. The van der Waals surface area contributed by atoms with Crippen LogP contribution in [0.1, 0.15) is 21.6 Å². The van der Waals surface area contributed by atoms with Crippen molar-refractivity contribution < 1.29 is 9.53 Å². The fourth-order valence-electron chi connectivity index (χ4n) is 2.52. The minimum atomic E-state index is -0.321. The van der Waals surface area contributed by atoms with E-state index in [9.17, 15) is 4.79 Å². The number of ether oxygens (including phenoxy) is 1. The topological polar surface area (TPSA) is 69.4 Å². The lowest BCUT2D eigenvalue weighted by atomic mass is 10.1. The smallest absolute Gasteiger partial charge is 0.337 e. The van der Waals surface area contributed by atoms with E-state index in [0.717, 1.165) is 39.9 Å². The molecule has 6 nitrogen and oxygen atoms in total. The number of thioether (sulfide) groups is 2. The summed E-state index contributed by atoms with van der Waals surface area (Å²) < 4.78 is 6.65. The Morgan fingerprint density at radius 3 is 2.80 bits per heavy atom. The van der Waals surface area contributed by atoms with Gasteiger partial charge in [-0.1, -0.05) is 23.9 Å². The summed E-state index contributed by atoms with van der Waals surface area (Å²) in [6.07, 6.45) is 7.34. The molecule has 8 heteroatoms. The molecule has 3 rings (SSSR count). The first kappa shape index (κ1) is 17.8. The van der Waals surface area contributed by atoms with E-state index in [2.05, 4.69) is 15.1 Å². The van der Waals surface area contributed by atoms with Crippen LogP contribution in [0, 0.1) is 0 Å². The van der Waals surface area contributed by atoms with Gasteiger partial charge in [-0.15, -0.1) is 16.9 Å². The van der Waals surface area contributed by atoms with Crippen LogP contribution in [0.2, 0.25) is 0 Å². The number of aromatic nitrogens is 4. The van der Waals surface area contributed by atoms with Crippen LogP contribution in [0.15, 0.2) is 40.6 Å². The number of carbonyl (C=O) groups excluding carboxylic acids is 1. The van der Waals surface area contributed by atoms with Crippen molar-refractivity contribution in [3.05, 3.63) is 47.3 Å². The molecule has 0 fully saturated rings. The van der Waals surface area contributed by atoms with Gasteiger partial charge in [-0.2, -0.15) is 0 Å². The van der Waals surface area contributed by atoms with Crippen molar-refractivity contribution in [1.82, 2.24) is 19.6 Å². The maximum absolute atomic E-state index is 11.7. The highest BCUT2D eigenvalue weighted by atomic mass is 32.2. The van der Waals surface area contributed by atoms with Gasteiger partial charge < -0.3 is 4.74 Å². The van der Waals surface area contributed by atoms with Crippen molar-refractivity contribution in [2.24, 2.45) is 0 Å². The Kier molecular flexibility index (Phi) is 5.60. The molecule has 1 aromatic carbocycles. The number of hydrogen-bond acceptors (Lipinski definition) is 7. The van der Waals surface area contributed by atoms with E-state index in [1.165, 1.54) is 18.9 Å². The number of fused-ring (bicyclic) bond motifs is 1. The summed E-state index contributed by atoms with van der Waals surface area (Å²) in [6.45, 7) is 0. The third-order valence-corrected chi connectivity index (χ3v) is 4.98. The van der Waals surface area contributed by atoms with E-state index < -0.39 is 0 Å². The molecule has 0 unspecified atom stereocenters. The average Bonchev–Trinajstić information content (AvgIpc) is 3.08. The Bertz CT molecular complexity index is 911. The van der Waals surface area contributed by atoms with Gasteiger partial charge in [0.1, 0.15) is 5.03 Å². The summed E-state index contributed by atoms with van der Waals surface area (Å²) in [7, 11) is 1.39. The Balaban J connectivity index is 1.85. The number of hydrogen-bond donors (Lipinski definition) is 0. The van der Waals surface area contributed by atoms with Crippen LogP contribution < -0.4 is 0 Å². The van der Waals surface area contributed by atoms with E-state index in [-0.39, 0.29) is 5.97 Å². The van der Waals surface area contributed by atoms with Crippen molar-refractivity contribution >= 4 is 35.1 Å². The molecule has 2 heterocycles. The van der Waals surface area contributed by atoms with Crippen LogP contribution in [0.25, 0.3) is 5.65 Å². The van der Waals surface area contributed by atoms with Crippen molar-refractivity contribution in [1.29, 1.82) is 0 Å². The van der Waals surface area contributed by atoms with Gasteiger partial charge in [-0.05, 0) is 43.0 Å². The summed E-state index contributed by atoms with van der Waals surface area (Å²) in [5.74, 6) is -0.321. The lowest BCUT2D eigenvalue weighted by Gasteiger charge is -2.06. The molecule has 0 spiro atoms. The molecule has 0 aliphatic rings. The highest BCUT2D eigenvalue weighted by molar-refractivity contribution is 7.99. The molecule has 0 bridgehead atoms. The highest BCUT2D eigenvalue weighted by Gasteiger charge is 2.13. The molecular formula is C17H18N4O2S2. The quantitative estimate of drug-likeness (QED) is 0.485. The Labute approximate surface area is 154 Å². The van der Waals surface area contributed by atoms with E-state index in [4.69, 9.17) is 4.74 Å². The Morgan fingerprint density at radius 1 is 1.24 bits per heavy atom. The number of rotatable bonds is 6. The number of carbonyl (C=O) groups is 1. The number of methoxy groups -OCH3 is 1. The number of imidazole rings is 1. The minimum Gasteiger partial charge on any atom is -0.465 e. The summed E-state index contributed by atoms with van der Waals surface area (Å²) in [6, 6.07) is 7.50. The molecule has 0 amide bonds. The monoisotopic (exact) mass is 374 g/mol. The molecule has 3 aromatic rings. The maximum Gasteiger partial charge on any atom is 0.337 e. The first-order chi connectivity index (χ1) is 12.2. The summed E-state index contributed by atoms with van der Waals surface area (Å²) in [4.78, 5) is 20.6. The summed E-state index contributed by atoms with van der Waals surface area (Å²) >= 11 is 3.08. The van der Waals surface area contributed by atoms with Crippen LogP contribution in [-0.2, 0) is 17.6 Å². The Hall–Kier alpha value is -2.06. The molecule has 0 N–H and O–H groups in total. The molecule has 0 radical (unpaired) electrons. The SMILES string of the molecule is COC(=O)c1cccc(CCc2cnc3c(SC)nc(SC)nn23)c1. The van der Waals surface area contributed by atoms with Gasteiger partial charge in [0.2, 0.25) is 5.16 Å². The third-order valence-electron chi connectivity index (χ3n) is 3.78. The first-order valence-electron chi connectivity index (χ1n) is 7.66. The van der Waals surface area contributed by atoms with Crippen LogP contribution in [0.5, 0.6) is 0 Å². The van der Waals surface area contributed by atoms with E-state index >= 15 is 0 Å². The van der Waals surface area contributed by atoms with Gasteiger partial charge in [-0.25, -0.2) is 19.3 Å². The second-order valence-electron chi connectivity index (χ2n) is 5.28. The molecule has 0 saturated heterocycles. The largest absolute Gasteiger partial charge is 0.465 e. The number of benzene rings is 1. The van der Waals surface area contributed by atoms with Crippen LogP contribution in [-0.4, -0.2) is 45.2 Å². The molecule has 0 saturated carbocycles. The first-order valence-corrected chi connectivity index (χ1v) is 10.1. The van der Waals surface area contributed by atoms with Gasteiger partial charge in [-0.3, -0.25) is 0 Å². The highest BCUT2D eigenvalue weighted by Crippen LogP contribution is 2.22. The molecule has 0 aliphatic carbocycles. The van der Waals surface area contributed by atoms with Gasteiger partial charge in [0.05, 0.1) is 24.6 Å². The number of esters is 1. The maximum atomic E-state index is 11.7. The molecule has 0 atom stereocenters. The zero-order valence-corrected chi connectivity index (χ0v) is 15.9. The van der Waals surface area contributed by atoms with Crippen LogP contribution >= 0.6 is 23.5 Å². The zero-order valence-electron chi connectivity index (χ0n) is 14.2. The van der Waals surface area contributed by atoms with E-state index in [0.29, 0.717) is 5.56 Å². The van der Waals surface area contributed by atoms with Crippen molar-refractivity contribution in [3.8, 4) is 0 Å². The predicted octanol–water partition coefficient (Wildman–Crippen LogP) is 3.14. The Morgan fingerprint density at radius 2 is 2.08 bits per heavy atom. The van der Waals surface area contributed by atoms with E-state index in [1.807, 2.05) is 41.4 Å². The predicted molar refractivity (Wildman–Crippen MR) is 99.5 cm³/mol. The van der Waals surface area contributed by atoms with Gasteiger partial charge in [0, 0.05) is 0 Å². The lowest BCUT2D eigenvalue weighted by molar-refractivity contribution is 0.0600. The van der Waals surface area contributed by atoms with Crippen molar-refractivity contribution in [3.63, 3.8) is 0 Å². The van der Waals surface area contributed by atoms with Gasteiger partial charge >= 0.3 is 5.97 Å². The molecule has 0 aliphatic heterocycles. The molecule has 130 valence electrons. The minimum absolute atomic E-state index is 0.321. The van der Waals surface area contributed by atoms with E-state index in [1.54, 1.807) is 17.8 Å². The molecule has 2 aromatic heterocycles. The molecular weight excluding hydrogens is 356 g/mol. The van der Waals surface area contributed by atoms with Crippen LogP contribution in [0.3, 0.4) is 0 Å². The average molecular weight is 374 g/mol. The second kappa shape index (κ2) is 7.88. The lowest BCUT2D eigenvalue weighted by Crippen LogP contribution is -2.05. The summed E-state index contributed by atoms with van der Waals surface area (Å²) in [5, 5.41) is 6.15. The molecule has 25 heavy (non-hydrogen) atoms. The van der Waals surface area contributed by atoms with Gasteiger partial charge in [0.15, 0.2) is 5.65 Å². The second-order valence-corrected chi connectivity index (χ2v) is 6.85. The van der Waals surface area contributed by atoms with Crippen molar-refractivity contribution in [2.45, 2.75) is 23.0 Å². The van der Waals surface area contributed by atoms with Crippen LogP contribution in [0.4, 0.5) is 0 Å². The standard InChI is InChI=1S/C17H18N4O2S2/c1-23-16(22)12-6-4-5-11(9-12)7-8-13-10-18-14-15(24-2)19-17(25-3)20-21(13)14/h4-6,9-10H,7-8H2,1-3H3. The zero-order chi connectivity index (χ0) is 17.8. The number of aryl methyl sites for hydroxylation is 2. The van der Waals surface area contributed by atoms with Gasteiger partial charge in [0.25, 0.3) is 0 Å². The fourth-order valence-corrected chi connectivity index (χ4v) is 3.42. The summed E-state index contributed by atoms with van der Waals surface area (Å²) in [5.41, 5.74) is 3.44. The number of nitrogens with zero attached hydrogens (tertiary/aromatic N) is 4.